The Balaban J connectivity index is 1.48. The lowest BCUT2D eigenvalue weighted by Crippen LogP contribution is -2.43. The molecule has 1 aliphatic heterocycles. The van der Waals surface area contributed by atoms with Gasteiger partial charge in [-0.3, -0.25) is 14.5 Å². The molecule has 1 aromatic heterocycles. The first kappa shape index (κ1) is 25.0. The van der Waals surface area contributed by atoms with Crippen molar-refractivity contribution in [2.75, 3.05) is 44.8 Å². The number of carbonyl (C=O) groups is 2. The number of hydrogen-bond acceptors (Lipinski definition) is 8. The van der Waals surface area contributed by atoms with Gasteiger partial charge in [-0.2, -0.15) is 0 Å². The summed E-state index contributed by atoms with van der Waals surface area (Å²) in [7, 11) is -1.21. The van der Waals surface area contributed by atoms with E-state index in [1.807, 2.05) is 12.1 Å². The highest BCUT2D eigenvalue weighted by molar-refractivity contribution is 7.90. The number of piperazine rings is 1. The van der Waals surface area contributed by atoms with Crippen LogP contribution < -0.4 is 11.1 Å². The number of benzene rings is 2. The summed E-state index contributed by atoms with van der Waals surface area (Å²) in [4.78, 5) is 34.0. The number of nitrogens with zero attached hydrogens (tertiary/aromatic N) is 3. The molecule has 0 aliphatic carbocycles. The zero-order valence-electron chi connectivity index (χ0n) is 19.5. The van der Waals surface area contributed by atoms with Crippen molar-refractivity contribution in [2.24, 2.45) is 5.73 Å². The molecule has 9 nitrogen and oxygen atoms in total. The maximum Gasteiger partial charge on any atom is 0.270 e. The Morgan fingerprint density at radius 1 is 1.03 bits per heavy atom. The molecule has 35 heavy (non-hydrogen) atoms. The Morgan fingerprint density at radius 2 is 1.66 bits per heavy atom. The third-order valence-electron chi connectivity index (χ3n) is 5.84. The minimum atomic E-state index is -3.33. The Bertz CT molecular complexity index is 1330. The molecule has 0 bridgehead atoms. The molecular formula is C24H27N5O4S2. The second-order valence-corrected chi connectivity index (χ2v) is 11.6. The summed E-state index contributed by atoms with van der Waals surface area (Å²) in [6, 6.07) is 13.5. The van der Waals surface area contributed by atoms with E-state index in [1.54, 1.807) is 24.3 Å². The average Bonchev–Trinajstić information content (AvgIpc) is 3.24. The molecule has 0 saturated carbocycles. The van der Waals surface area contributed by atoms with E-state index in [1.165, 1.54) is 12.1 Å². The Kier molecular flexibility index (Phi) is 7.31. The maximum absolute atomic E-state index is 12.9. The van der Waals surface area contributed by atoms with Crippen LogP contribution in [0.2, 0.25) is 0 Å². The second-order valence-electron chi connectivity index (χ2n) is 8.59. The van der Waals surface area contributed by atoms with Gasteiger partial charge in [-0.25, -0.2) is 13.4 Å². The predicted molar refractivity (Wildman–Crippen MR) is 136 cm³/mol. The van der Waals surface area contributed by atoms with E-state index in [9.17, 15) is 18.0 Å². The van der Waals surface area contributed by atoms with Crippen LogP contribution in [0.3, 0.4) is 0 Å². The summed E-state index contributed by atoms with van der Waals surface area (Å²) < 4.78 is 23.4. The molecule has 0 radical (unpaired) electrons. The molecule has 4 rings (SSSR count). The van der Waals surface area contributed by atoms with Gasteiger partial charge in [-0.15, -0.1) is 0 Å². The van der Waals surface area contributed by atoms with Gasteiger partial charge in [-0.05, 0) is 36.9 Å². The van der Waals surface area contributed by atoms with Crippen LogP contribution in [0.4, 0.5) is 5.00 Å². The number of hydrogen-bond donors (Lipinski definition) is 2. The number of anilines is 1. The first-order valence-corrected chi connectivity index (χ1v) is 13.7. The number of thiazole rings is 1. The van der Waals surface area contributed by atoms with E-state index in [4.69, 9.17) is 5.73 Å². The van der Waals surface area contributed by atoms with Crippen LogP contribution >= 0.6 is 11.3 Å². The molecule has 0 spiro atoms. The number of nitrogens with one attached hydrogen (secondary N) is 1. The number of sulfone groups is 1. The molecule has 11 heteroatoms. The van der Waals surface area contributed by atoms with Gasteiger partial charge in [0, 0.05) is 50.1 Å². The number of carbonyl (C=O) groups excluding carboxylic acids is 2. The maximum atomic E-state index is 12.9. The average molecular weight is 514 g/mol. The van der Waals surface area contributed by atoms with Gasteiger partial charge in [0.05, 0.1) is 4.90 Å². The summed E-state index contributed by atoms with van der Waals surface area (Å²) in [5.74, 6) is -1.14. The van der Waals surface area contributed by atoms with Crippen molar-refractivity contribution in [3.05, 3.63) is 65.4 Å². The Labute approximate surface area is 208 Å². The van der Waals surface area contributed by atoms with Crippen LogP contribution in [0.25, 0.3) is 10.6 Å². The monoisotopic (exact) mass is 513 g/mol. The summed E-state index contributed by atoms with van der Waals surface area (Å²) in [5, 5.41) is 3.43. The molecule has 1 fully saturated rings. The summed E-state index contributed by atoms with van der Waals surface area (Å²) in [6.45, 7) is 4.94. The van der Waals surface area contributed by atoms with Gasteiger partial charge in [0.1, 0.15) is 10.0 Å². The number of aromatic nitrogens is 1. The largest absolute Gasteiger partial charge is 0.364 e. The number of likely N-dealkylation sites (N-methyl/N-ethyl adjacent to an activating group) is 1. The number of rotatable bonds is 7. The van der Waals surface area contributed by atoms with Crippen molar-refractivity contribution in [3.63, 3.8) is 0 Å². The minimum absolute atomic E-state index is 0.0442. The molecule has 3 N–H and O–H groups in total. The van der Waals surface area contributed by atoms with Crippen molar-refractivity contribution < 1.29 is 18.0 Å². The summed E-state index contributed by atoms with van der Waals surface area (Å²) >= 11 is 1.10. The van der Waals surface area contributed by atoms with Crippen LogP contribution in [-0.4, -0.2) is 74.5 Å². The van der Waals surface area contributed by atoms with Crippen LogP contribution in [-0.2, 0) is 16.4 Å². The first-order chi connectivity index (χ1) is 16.6. The normalized spacial score (nSPS) is 15.1. The highest BCUT2D eigenvalue weighted by Crippen LogP contribution is 2.33. The van der Waals surface area contributed by atoms with E-state index in [0.29, 0.717) is 16.1 Å². The summed E-state index contributed by atoms with van der Waals surface area (Å²) in [5.41, 5.74) is 7.63. The highest BCUT2D eigenvalue weighted by Gasteiger charge is 2.20. The molecule has 2 amide bonds. The van der Waals surface area contributed by atoms with Crippen LogP contribution in [0, 0.1) is 0 Å². The van der Waals surface area contributed by atoms with E-state index in [2.05, 4.69) is 27.1 Å². The molecule has 184 valence electrons. The van der Waals surface area contributed by atoms with Crippen LogP contribution in [0.1, 0.15) is 26.4 Å². The fourth-order valence-corrected chi connectivity index (χ4v) is 5.34. The number of primary amides is 1. The molecule has 2 aromatic carbocycles. The van der Waals surface area contributed by atoms with Crippen molar-refractivity contribution in [1.82, 2.24) is 14.8 Å². The Morgan fingerprint density at radius 3 is 2.23 bits per heavy atom. The zero-order chi connectivity index (χ0) is 25.2. The zero-order valence-corrected chi connectivity index (χ0v) is 21.2. The SMILES string of the molecule is CN1CCN(Cc2ccc(C(=O)Nc3sc(-c4ccc(S(C)(=O)=O)cc4)nc3C(N)=O)cc2)CC1. The Hall–Kier alpha value is -3.12. The van der Waals surface area contributed by atoms with Crippen molar-refractivity contribution in [2.45, 2.75) is 11.4 Å². The number of nitrogens with two attached hydrogens (primary N) is 1. The molecule has 0 unspecified atom stereocenters. The molecule has 1 aliphatic rings. The molecule has 3 aromatic rings. The van der Waals surface area contributed by atoms with Crippen LogP contribution in [0.5, 0.6) is 0 Å². The predicted octanol–water partition coefficient (Wildman–Crippen LogP) is 2.31. The highest BCUT2D eigenvalue weighted by atomic mass is 32.2. The molecule has 1 saturated heterocycles. The fourth-order valence-electron chi connectivity index (χ4n) is 3.74. The molecular weight excluding hydrogens is 486 g/mol. The lowest BCUT2D eigenvalue weighted by molar-refractivity contribution is 0.0997. The van der Waals surface area contributed by atoms with Crippen molar-refractivity contribution >= 4 is 38.0 Å². The van der Waals surface area contributed by atoms with Gasteiger partial charge in [-0.1, -0.05) is 35.6 Å². The summed E-state index contributed by atoms with van der Waals surface area (Å²) in [6.07, 6.45) is 1.13. The third kappa shape index (κ3) is 6.12. The quantitative estimate of drug-likeness (QED) is 0.497. The lowest BCUT2D eigenvalue weighted by Gasteiger charge is -2.32. The third-order valence-corrected chi connectivity index (χ3v) is 7.98. The van der Waals surface area contributed by atoms with Gasteiger partial charge in [0.25, 0.3) is 11.8 Å². The molecule has 0 atom stereocenters. The van der Waals surface area contributed by atoms with Crippen molar-refractivity contribution in [3.8, 4) is 10.6 Å². The smallest absolute Gasteiger partial charge is 0.270 e. The first-order valence-electron chi connectivity index (χ1n) is 11.0. The minimum Gasteiger partial charge on any atom is -0.364 e. The van der Waals surface area contributed by atoms with E-state index in [-0.39, 0.29) is 21.5 Å². The van der Waals surface area contributed by atoms with E-state index < -0.39 is 15.7 Å². The van der Waals surface area contributed by atoms with Crippen molar-refractivity contribution in [1.29, 1.82) is 0 Å². The number of amides is 2. The van der Waals surface area contributed by atoms with Gasteiger partial charge in [0.15, 0.2) is 15.5 Å². The fraction of sp³-hybridized carbons (Fsp3) is 0.292. The van der Waals surface area contributed by atoms with Gasteiger partial charge in [0.2, 0.25) is 0 Å². The van der Waals surface area contributed by atoms with Gasteiger partial charge < -0.3 is 16.0 Å². The van der Waals surface area contributed by atoms with Gasteiger partial charge >= 0.3 is 0 Å². The second kappa shape index (κ2) is 10.2. The topological polar surface area (TPSA) is 126 Å². The van der Waals surface area contributed by atoms with E-state index in [0.717, 1.165) is 55.9 Å². The van der Waals surface area contributed by atoms with Crippen LogP contribution in [0.15, 0.2) is 53.4 Å². The standard InChI is InChI=1S/C24H27N5O4S2/c1-28-11-13-29(14-12-28)15-16-3-5-17(6-4-16)22(31)27-24-20(21(25)30)26-23(34-24)18-7-9-19(10-8-18)35(2,32)33/h3-10H,11-15H2,1-2H3,(H2,25,30)(H,27,31). The van der Waals surface area contributed by atoms with E-state index >= 15 is 0 Å². The lowest BCUT2D eigenvalue weighted by atomic mass is 10.1. The molecule has 2 heterocycles.